The molecular weight excluding hydrogens is 494 g/mol. The van der Waals surface area contributed by atoms with Gasteiger partial charge in [0, 0.05) is 18.8 Å². The average molecular weight is 538 g/mol. The molecule has 10 heteroatoms. The summed E-state index contributed by atoms with van der Waals surface area (Å²) in [4.78, 5) is 52.9. The van der Waals surface area contributed by atoms with Crippen molar-refractivity contribution < 1.29 is 28.7 Å². The van der Waals surface area contributed by atoms with E-state index in [-0.39, 0.29) is 25.3 Å². The van der Waals surface area contributed by atoms with Crippen molar-refractivity contribution in [3.63, 3.8) is 0 Å². The lowest BCUT2D eigenvalue weighted by atomic mass is 10.00. The molecule has 208 valence electrons. The number of unbranched alkanes of at least 4 members (excludes halogenated alkanes) is 1. The predicted molar refractivity (Wildman–Crippen MR) is 146 cm³/mol. The van der Waals surface area contributed by atoms with Gasteiger partial charge in [0.1, 0.15) is 17.7 Å². The molecule has 2 N–H and O–H groups in total. The van der Waals surface area contributed by atoms with Crippen molar-refractivity contribution in [1.82, 2.24) is 15.5 Å². The number of thiol groups is 1. The van der Waals surface area contributed by atoms with Crippen molar-refractivity contribution in [2.75, 3.05) is 25.4 Å². The Labute approximate surface area is 226 Å². The molecule has 1 aromatic carbocycles. The van der Waals surface area contributed by atoms with Crippen molar-refractivity contribution >= 4 is 36.5 Å². The number of esters is 1. The van der Waals surface area contributed by atoms with E-state index in [1.165, 1.54) is 4.90 Å². The van der Waals surface area contributed by atoms with Crippen LogP contribution in [0.2, 0.25) is 0 Å². The molecule has 1 aromatic rings. The van der Waals surface area contributed by atoms with Gasteiger partial charge in [0.2, 0.25) is 11.8 Å². The maximum absolute atomic E-state index is 13.7. The smallest absolute Gasteiger partial charge is 0.408 e. The van der Waals surface area contributed by atoms with E-state index in [4.69, 9.17) is 9.47 Å². The summed E-state index contributed by atoms with van der Waals surface area (Å²) in [6, 6.07) is 5.54. The largest absolute Gasteiger partial charge is 0.466 e. The lowest BCUT2D eigenvalue weighted by Crippen LogP contribution is -2.54. The topological polar surface area (TPSA) is 114 Å². The molecule has 0 saturated heterocycles. The van der Waals surface area contributed by atoms with Gasteiger partial charge in [-0.05, 0) is 51.7 Å². The van der Waals surface area contributed by atoms with Crippen molar-refractivity contribution in [3.05, 3.63) is 35.4 Å². The van der Waals surface area contributed by atoms with Crippen LogP contribution in [0.15, 0.2) is 24.3 Å². The molecule has 0 saturated carbocycles. The van der Waals surface area contributed by atoms with Crippen LogP contribution in [-0.2, 0) is 30.3 Å². The first-order valence-corrected chi connectivity index (χ1v) is 13.5. The van der Waals surface area contributed by atoms with Crippen LogP contribution < -0.4 is 10.6 Å². The van der Waals surface area contributed by atoms with Gasteiger partial charge in [-0.1, -0.05) is 44.5 Å². The van der Waals surface area contributed by atoms with Crippen molar-refractivity contribution in [1.29, 1.82) is 0 Å². The van der Waals surface area contributed by atoms with Gasteiger partial charge >= 0.3 is 12.1 Å². The molecule has 0 aromatic heterocycles. The summed E-state index contributed by atoms with van der Waals surface area (Å²) in [5.41, 5.74) is 0.986. The van der Waals surface area contributed by atoms with Gasteiger partial charge in [0.15, 0.2) is 0 Å². The molecule has 0 aliphatic heterocycles. The molecule has 1 rings (SSSR count). The van der Waals surface area contributed by atoms with E-state index in [0.29, 0.717) is 18.5 Å². The summed E-state index contributed by atoms with van der Waals surface area (Å²) in [6.45, 7) is 11.6. The molecule has 3 amide bonds. The van der Waals surface area contributed by atoms with Gasteiger partial charge in [-0.2, -0.15) is 12.6 Å². The highest BCUT2D eigenvalue weighted by Gasteiger charge is 2.35. The molecule has 9 nitrogen and oxygen atoms in total. The van der Waals surface area contributed by atoms with Gasteiger partial charge in [0.25, 0.3) is 0 Å². The standard InChI is InChI=1S/C27H43N3O6S/c1-7-10-17-30(25(33)21(18-37)29-26(34)36-27(4,5)6)23(20-13-11-19(8-2)12-14-20)24(32)28-16-15-22(31)35-9-3/h11-14,21,23,37H,7-10,15-18H2,1-6H3,(H,28,32)(H,29,34). The van der Waals surface area contributed by atoms with E-state index in [1.54, 1.807) is 27.7 Å². The lowest BCUT2D eigenvalue weighted by molar-refractivity contribution is -0.144. The lowest BCUT2D eigenvalue weighted by Gasteiger charge is -2.34. The number of carbonyl (C=O) groups is 4. The fourth-order valence-corrected chi connectivity index (χ4v) is 3.80. The molecule has 0 aliphatic rings. The highest BCUT2D eigenvalue weighted by molar-refractivity contribution is 7.80. The fraction of sp³-hybridized carbons (Fsp3) is 0.630. The molecule has 2 unspecified atom stereocenters. The molecule has 0 spiro atoms. The van der Waals surface area contributed by atoms with E-state index in [0.717, 1.165) is 18.4 Å². The minimum atomic E-state index is -1.00. The Kier molecular flexibility index (Phi) is 14.1. The Morgan fingerprint density at radius 3 is 2.22 bits per heavy atom. The monoisotopic (exact) mass is 537 g/mol. The Morgan fingerprint density at radius 1 is 1.05 bits per heavy atom. The summed E-state index contributed by atoms with van der Waals surface area (Å²) >= 11 is 4.29. The normalized spacial score (nSPS) is 12.7. The number of carbonyl (C=O) groups excluding carboxylic acids is 4. The number of amides is 3. The van der Waals surface area contributed by atoms with E-state index in [2.05, 4.69) is 23.3 Å². The molecule has 2 atom stereocenters. The second kappa shape index (κ2) is 16.2. The van der Waals surface area contributed by atoms with Gasteiger partial charge in [-0.25, -0.2) is 4.79 Å². The number of nitrogens with zero attached hydrogens (tertiary/aromatic N) is 1. The molecule has 0 bridgehead atoms. The van der Waals surface area contributed by atoms with Gasteiger partial charge < -0.3 is 25.0 Å². The number of rotatable bonds is 14. The van der Waals surface area contributed by atoms with Crippen LogP contribution in [0.3, 0.4) is 0 Å². The van der Waals surface area contributed by atoms with Crippen LogP contribution in [0.5, 0.6) is 0 Å². The van der Waals surface area contributed by atoms with Crippen LogP contribution in [0.25, 0.3) is 0 Å². The number of nitrogens with one attached hydrogen (secondary N) is 2. The maximum atomic E-state index is 13.7. The third kappa shape index (κ3) is 11.5. The van der Waals surface area contributed by atoms with Gasteiger partial charge in [-0.3, -0.25) is 14.4 Å². The SMILES string of the molecule is CCCCN(C(=O)C(CS)NC(=O)OC(C)(C)C)C(C(=O)NCCC(=O)OCC)c1ccc(CC)cc1. The fourth-order valence-electron chi connectivity index (χ4n) is 3.56. The molecule has 0 radical (unpaired) electrons. The first-order chi connectivity index (χ1) is 17.5. The zero-order valence-electron chi connectivity index (χ0n) is 23.0. The average Bonchev–Trinajstić information content (AvgIpc) is 2.83. The van der Waals surface area contributed by atoms with Crippen molar-refractivity contribution in [2.45, 2.75) is 84.9 Å². The van der Waals surface area contributed by atoms with Crippen LogP contribution in [0.4, 0.5) is 4.79 Å². The second-order valence-corrected chi connectivity index (χ2v) is 9.98. The zero-order chi connectivity index (χ0) is 28.0. The number of hydrogen-bond acceptors (Lipinski definition) is 7. The van der Waals surface area contributed by atoms with E-state index < -0.39 is 41.6 Å². The van der Waals surface area contributed by atoms with E-state index in [9.17, 15) is 19.2 Å². The van der Waals surface area contributed by atoms with Gasteiger partial charge in [0.05, 0.1) is 13.0 Å². The minimum absolute atomic E-state index is 0.0173. The quantitative estimate of drug-likeness (QED) is 0.246. The van der Waals surface area contributed by atoms with Crippen LogP contribution in [0, 0.1) is 0 Å². The number of aryl methyl sites for hydroxylation is 1. The summed E-state index contributed by atoms with van der Waals surface area (Å²) in [6.07, 6.45) is 1.55. The number of ether oxygens (including phenoxy) is 2. The minimum Gasteiger partial charge on any atom is -0.466 e. The Bertz CT molecular complexity index is 885. The third-order valence-electron chi connectivity index (χ3n) is 5.40. The molecular formula is C27H43N3O6S. The summed E-state index contributed by atoms with van der Waals surface area (Å²) in [5.74, 6) is -1.26. The van der Waals surface area contributed by atoms with Crippen molar-refractivity contribution in [3.8, 4) is 0 Å². The highest BCUT2D eigenvalue weighted by Crippen LogP contribution is 2.24. The molecule has 0 fully saturated rings. The Morgan fingerprint density at radius 2 is 1.70 bits per heavy atom. The Balaban J connectivity index is 3.30. The van der Waals surface area contributed by atoms with Gasteiger partial charge in [-0.15, -0.1) is 0 Å². The summed E-state index contributed by atoms with van der Waals surface area (Å²) in [5, 5.41) is 5.37. The van der Waals surface area contributed by atoms with Crippen LogP contribution >= 0.6 is 12.6 Å². The number of alkyl carbamates (subject to hydrolysis) is 1. The molecule has 37 heavy (non-hydrogen) atoms. The highest BCUT2D eigenvalue weighted by atomic mass is 32.1. The first kappa shape index (κ1) is 32.3. The maximum Gasteiger partial charge on any atom is 0.408 e. The van der Waals surface area contributed by atoms with E-state index >= 15 is 0 Å². The number of benzene rings is 1. The summed E-state index contributed by atoms with van der Waals surface area (Å²) in [7, 11) is 0. The molecule has 0 aliphatic carbocycles. The first-order valence-electron chi connectivity index (χ1n) is 12.9. The van der Waals surface area contributed by atoms with Crippen molar-refractivity contribution in [2.24, 2.45) is 0 Å². The zero-order valence-corrected chi connectivity index (χ0v) is 23.9. The molecule has 0 heterocycles. The second-order valence-electron chi connectivity index (χ2n) is 9.61. The Hall–Kier alpha value is -2.75. The summed E-state index contributed by atoms with van der Waals surface area (Å²) < 4.78 is 10.3. The van der Waals surface area contributed by atoms with E-state index in [1.807, 2.05) is 38.1 Å². The number of hydrogen-bond donors (Lipinski definition) is 3. The predicted octanol–water partition coefficient (Wildman–Crippen LogP) is 3.81. The van der Waals surface area contributed by atoms with Crippen LogP contribution in [-0.4, -0.2) is 65.9 Å². The third-order valence-corrected chi connectivity index (χ3v) is 5.77. The van der Waals surface area contributed by atoms with Crippen LogP contribution in [0.1, 0.15) is 78.0 Å².